The van der Waals surface area contributed by atoms with Gasteiger partial charge >= 0.3 is 0 Å². The van der Waals surface area contributed by atoms with E-state index < -0.39 is 5.79 Å². The number of rotatable bonds is 5. The first-order valence-corrected chi connectivity index (χ1v) is 5.50. The van der Waals surface area contributed by atoms with Gasteiger partial charge in [0.1, 0.15) is 0 Å². The Kier molecular flexibility index (Phi) is 3.93. The Hall–Kier alpha value is -0.120. The van der Waals surface area contributed by atoms with Gasteiger partial charge in [-0.3, -0.25) is 0 Å². The summed E-state index contributed by atoms with van der Waals surface area (Å²) >= 11 is 0. The van der Waals surface area contributed by atoms with Crippen LogP contribution in [0.4, 0.5) is 0 Å². The molecule has 0 aromatic carbocycles. The predicted molar refractivity (Wildman–Crippen MR) is 57.0 cm³/mol. The lowest BCUT2D eigenvalue weighted by molar-refractivity contribution is -0.216. The Morgan fingerprint density at radius 3 is 2.29 bits per heavy atom. The van der Waals surface area contributed by atoms with Gasteiger partial charge in [0.25, 0.3) is 0 Å². The first kappa shape index (κ1) is 12.0. The van der Waals surface area contributed by atoms with Crippen LogP contribution in [0.15, 0.2) is 0 Å². The normalized spacial score (nSPS) is 21.4. The second-order valence-corrected chi connectivity index (χ2v) is 4.77. The van der Waals surface area contributed by atoms with Gasteiger partial charge in [0, 0.05) is 5.41 Å². The minimum atomic E-state index is -0.401. The van der Waals surface area contributed by atoms with Gasteiger partial charge in [0.05, 0.1) is 13.2 Å². The highest BCUT2D eigenvalue weighted by Gasteiger charge is 2.45. The summed E-state index contributed by atoms with van der Waals surface area (Å²) < 4.78 is 11.4. The third-order valence-corrected chi connectivity index (χ3v) is 3.32. The summed E-state index contributed by atoms with van der Waals surface area (Å²) in [5.41, 5.74) is 5.55. The van der Waals surface area contributed by atoms with Gasteiger partial charge in [-0.25, -0.2) is 0 Å². The lowest BCUT2D eigenvalue weighted by Gasteiger charge is -2.39. The lowest BCUT2D eigenvalue weighted by Crippen LogP contribution is -2.43. The average molecular weight is 201 g/mol. The largest absolute Gasteiger partial charge is 0.347 e. The number of hydrogen-bond acceptors (Lipinski definition) is 3. The SMILES string of the molecule is CC(C)(CCCCN)C1(C)OCCO1. The number of ether oxygens (including phenoxy) is 2. The molecule has 84 valence electrons. The summed E-state index contributed by atoms with van der Waals surface area (Å²) in [4.78, 5) is 0. The molecule has 1 saturated heterocycles. The minimum absolute atomic E-state index is 0.0681. The zero-order chi connectivity index (χ0) is 10.7. The van der Waals surface area contributed by atoms with E-state index >= 15 is 0 Å². The number of hydrogen-bond donors (Lipinski definition) is 1. The van der Waals surface area contributed by atoms with Gasteiger partial charge in [0.15, 0.2) is 5.79 Å². The highest BCUT2D eigenvalue weighted by Crippen LogP contribution is 2.41. The minimum Gasteiger partial charge on any atom is -0.347 e. The van der Waals surface area contributed by atoms with Crippen molar-refractivity contribution in [2.75, 3.05) is 19.8 Å². The summed E-state index contributed by atoms with van der Waals surface area (Å²) in [7, 11) is 0. The molecule has 0 saturated carbocycles. The van der Waals surface area contributed by atoms with Gasteiger partial charge < -0.3 is 15.2 Å². The number of unbranched alkanes of at least 4 members (excludes halogenated alkanes) is 1. The van der Waals surface area contributed by atoms with Crippen LogP contribution in [0.1, 0.15) is 40.0 Å². The molecule has 1 heterocycles. The van der Waals surface area contributed by atoms with Gasteiger partial charge in [-0.2, -0.15) is 0 Å². The van der Waals surface area contributed by atoms with Crippen molar-refractivity contribution in [3.05, 3.63) is 0 Å². The molecule has 3 heteroatoms. The lowest BCUT2D eigenvalue weighted by atomic mass is 9.79. The standard InChI is InChI=1S/C11H23NO2/c1-10(2,6-4-5-7-12)11(3)13-8-9-14-11/h4-9,12H2,1-3H3. The van der Waals surface area contributed by atoms with Crippen molar-refractivity contribution in [2.24, 2.45) is 11.1 Å². The van der Waals surface area contributed by atoms with Crippen molar-refractivity contribution in [3.8, 4) is 0 Å². The van der Waals surface area contributed by atoms with Crippen LogP contribution in [0, 0.1) is 5.41 Å². The van der Waals surface area contributed by atoms with Crippen LogP contribution in [0.25, 0.3) is 0 Å². The van der Waals surface area contributed by atoms with Gasteiger partial charge in [-0.15, -0.1) is 0 Å². The molecule has 14 heavy (non-hydrogen) atoms. The van der Waals surface area contributed by atoms with Crippen LogP contribution in [0.5, 0.6) is 0 Å². The quantitative estimate of drug-likeness (QED) is 0.691. The molecule has 1 rings (SSSR count). The molecule has 0 radical (unpaired) electrons. The molecule has 3 nitrogen and oxygen atoms in total. The molecule has 0 unspecified atom stereocenters. The Balaban J connectivity index is 2.45. The van der Waals surface area contributed by atoms with Crippen molar-refractivity contribution in [3.63, 3.8) is 0 Å². The van der Waals surface area contributed by atoms with E-state index in [2.05, 4.69) is 13.8 Å². The molecule has 0 atom stereocenters. The van der Waals surface area contributed by atoms with Crippen LogP contribution in [0.3, 0.4) is 0 Å². The summed E-state index contributed by atoms with van der Waals surface area (Å²) in [6, 6.07) is 0. The molecular formula is C11H23NO2. The van der Waals surface area contributed by atoms with Crippen LogP contribution in [-0.2, 0) is 9.47 Å². The van der Waals surface area contributed by atoms with E-state index in [4.69, 9.17) is 15.2 Å². The zero-order valence-electron chi connectivity index (χ0n) is 9.64. The van der Waals surface area contributed by atoms with Gasteiger partial charge in [-0.1, -0.05) is 20.3 Å². The van der Waals surface area contributed by atoms with E-state index in [1.54, 1.807) is 0 Å². The number of nitrogens with two attached hydrogens (primary N) is 1. The first-order chi connectivity index (χ1) is 6.52. The topological polar surface area (TPSA) is 44.5 Å². The molecule has 1 fully saturated rings. The van der Waals surface area contributed by atoms with Crippen molar-refractivity contribution in [1.82, 2.24) is 0 Å². The maximum atomic E-state index is 5.68. The highest BCUT2D eigenvalue weighted by molar-refractivity contribution is 4.86. The fourth-order valence-electron chi connectivity index (χ4n) is 1.84. The molecular weight excluding hydrogens is 178 g/mol. The summed E-state index contributed by atoms with van der Waals surface area (Å²) in [6.07, 6.45) is 3.33. The fourth-order valence-corrected chi connectivity index (χ4v) is 1.84. The Morgan fingerprint density at radius 1 is 1.21 bits per heavy atom. The summed E-state index contributed by atoms with van der Waals surface area (Å²) in [5.74, 6) is -0.401. The van der Waals surface area contributed by atoms with Crippen molar-refractivity contribution in [2.45, 2.75) is 45.8 Å². The van der Waals surface area contributed by atoms with Crippen molar-refractivity contribution in [1.29, 1.82) is 0 Å². The Labute approximate surface area is 86.9 Å². The fraction of sp³-hybridized carbons (Fsp3) is 1.00. The second-order valence-electron chi connectivity index (χ2n) is 4.77. The molecule has 0 amide bonds. The second kappa shape index (κ2) is 4.60. The maximum Gasteiger partial charge on any atom is 0.170 e. The Morgan fingerprint density at radius 2 is 1.79 bits per heavy atom. The molecule has 0 bridgehead atoms. The van der Waals surface area contributed by atoms with E-state index in [0.29, 0.717) is 0 Å². The molecule has 0 aromatic rings. The molecule has 2 N–H and O–H groups in total. The van der Waals surface area contributed by atoms with Crippen molar-refractivity contribution < 1.29 is 9.47 Å². The van der Waals surface area contributed by atoms with E-state index in [1.807, 2.05) is 6.92 Å². The average Bonchev–Trinajstić information content (AvgIpc) is 2.54. The van der Waals surface area contributed by atoms with Crippen LogP contribution < -0.4 is 5.73 Å². The third-order valence-electron chi connectivity index (χ3n) is 3.32. The smallest absolute Gasteiger partial charge is 0.170 e. The van der Waals surface area contributed by atoms with Crippen LogP contribution in [0.2, 0.25) is 0 Å². The first-order valence-electron chi connectivity index (χ1n) is 5.50. The van der Waals surface area contributed by atoms with E-state index in [-0.39, 0.29) is 5.41 Å². The molecule has 0 aliphatic carbocycles. The molecule has 1 aliphatic rings. The van der Waals surface area contributed by atoms with E-state index in [9.17, 15) is 0 Å². The third kappa shape index (κ3) is 2.47. The van der Waals surface area contributed by atoms with Crippen LogP contribution >= 0.6 is 0 Å². The predicted octanol–water partition coefficient (Wildman–Crippen LogP) is 1.90. The molecule has 1 aliphatic heterocycles. The highest BCUT2D eigenvalue weighted by atomic mass is 16.7. The van der Waals surface area contributed by atoms with Gasteiger partial charge in [-0.05, 0) is 26.3 Å². The van der Waals surface area contributed by atoms with Gasteiger partial charge in [0.2, 0.25) is 0 Å². The van der Waals surface area contributed by atoms with Crippen LogP contribution in [-0.4, -0.2) is 25.5 Å². The van der Waals surface area contributed by atoms with E-state index in [0.717, 1.165) is 39.0 Å². The maximum absolute atomic E-state index is 5.68. The molecule has 0 spiro atoms. The summed E-state index contributed by atoms with van der Waals surface area (Å²) in [6.45, 7) is 8.66. The van der Waals surface area contributed by atoms with Crippen molar-refractivity contribution >= 4 is 0 Å². The summed E-state index contributed by atoms with van der Waals surface area (Å²) in [5, 5.41) is 0. The monoisotopic (exact) mass is 201 g/mol. The van der Waals surface area contributed by atoms with E-state index in [1.165, 1.54) is 0 Å². The Bertz CT molecular complexity index is 174. The molecule has 0 aromatic heterocycles. The zero-order valence-corrected chi connectivity index (χ0v) is 9.64.